The van der Waals surface area contributed by atoms with Crippen LogP contribution in [-0.2, 0) is 11.2 Å². The van der Waals surface area contributed by atoms with E-state index in [-0.39, 0.29) is 12.5 Å². The Bertz CT molecular complexity index is 746. The number of carbonyl (C=O) groups excluding carboxylic acids is 1. The number of nitrogens with zero attached hydrogens (tertiary/aromatic N) is 1. The van der Waals surface area contributed by atoms with E-state index in [4.69, 9.17) is 5.73 Å². The molecule has 2 heterocycles. The lowest BCUT2D eigenvalue weighted by Crippen LogP contribution is -2.21. The Morgan fingerprint density at radius 3 is 3.10 bits per heavy atom. The molecule has 0 fully saturated rings. The number of aromatic nitrogens is 2. The average molecular weight is 286 g/mol. The van der Waals surface area contributed by atoms with Crippen LogP contribution >= 0.6 is 11.3 Å². The summed E-state index contributed by atoms with van der Waals surface area (Å²) in [5, 5.41) is 6.41. The molecule has 0 spiro atoms. The number of hydrogen-bond donors (Lipinski definition) is 3. The molecular formula is C14H14N4OS. The molecule has 0 saturated heterocycles. The highest BCUT2D eigenvalue weighted by Crippen LogP contribution is 2.23. The molecule has 0 atom stereocenters. The predicted molar refractivity (Wildman–Crippen MR) is 80.9 cm³/mol. The number of nitrogens with one attached hydrogen (secondary N) is 2. The number of amides is 1. The molecular weight excluding hydrogens is 272 g/mol. The van der Waals surface area contributed by atoms with Gasteiger partial charge >= 0.3 is 0 Å². The van der Waals surface area contributed by atoms with Crippen molar-refractivity contribution in [3.63, 3.8) is 0 Å². The standard InChI is InChI=1S/C14H14N4OS/c15-6-13(19)18-14-17-10(8-20-14)5-9-7-16-12-4-2-1-3-11(9)12/h1-4,7-8,16H,5-6,15H2,(H,17,18,19). The maximum absolute atomic E-state index is 11.2. The van der Waals surface area contributed by atoms with Crippen LogP contribution in [0.4, 0.5) is 5.13 Å². The molecule has 102 valence electrons. The van der Waals surface area contributed by atoms with E-state index < -0.39 is 0 Å². The number of nitrogens with two attached hydrogens (primary N) is 1. The third kappa shape index (κ3) is 2.56. The lowest BCUT2D eigenvalue weighted by Gasteiger charge is -1.97. The largest absolute Gasteiger partial charge is 0.361 e. The molecule has 2 aromatic heterocycles. The topological polar surface area (TPSA) is 83.8 Å². The molecule has 1 aromatic carbocycles. The molecule has 0 aliphatic rings. The Balaban J connectivity index is 1.79. The molecule has 0 aliphatic carbocycles. The van der Waals surface area contributed by atoms with Crippen molar-refractivity contribution in [3.05, 3.63) is 47.1 Å². The van der Waals surface area contributed by atoms with E-state index in [0.717, 1.165) is 17.6 Å². The summed E-state index contributed by atoms with van der Waals surface area (Å²) in [6.45, 7) is -0.0304. The van der Waals surface area contributed by atoms with Crippen molar-refractivity contribution in [1.29, 1.82) is 0 Å². The molecule has 5 nitrogen and oxygen atoms in total. The van der Waals surface area contributed by atoms with E-state index in [0.29, 0.717) is 5.13 Å². The van der Waals surface area contributed by atoms with E-state index in [1.165, 1.54) is 22.3 Å². The summed E-state index contributed by atoms with van der Waals surface area (Å²) in [4.78, 5) is 18.9. The minimum Gasteiger partial charge on any atom is -0.361 e. The fourth-order valence-electron chi connectivity index (χ4n) is 2.09. The second kappa shape index (κ2) is 5.44. The molecule has 20 heavy (non-hydrogen) atoms. The number of rotatable bonds is 4. The Hall–Kier alpha value is -2.18. The summed E-state index contributed by atoms with van der Waals surface area (Å²) in [5.74, 6) is -0.224. The van der Waals surface area contributed by atoms with E-state index >= 15 is 0 Å². The van der Waals surface area contributed by atoms with Crippen LogP contribution in [0.2, 0.25) is 0 Å². The number of anilines is 1. The Kier molecular flexibility index (Phi) is 3.49. The number of carbonyl (C=O) groups is 1. The minimum absolute atomic E-state index is 0.0304. The first kappa shape index (κ1) is 12.8. The monoisotopic (exact) mass is 286 g/mol. The van der Waals surface area contributed by atoms with Gasteiger partial charge in [-0.3, -0.25) is 4.79 Å². The van der Waals surface area contributed by atoms with Gasteiger partial charge < -0.3 is 16.0 Å². The highest BCUT2D eigenvalue weighted by Gasteiger charge is 2.08. The number of H-pyrrole nitrogens is 1. The highest BCUT2D eigenvalue weighted by molar-refractivity contribution is 7.13. The second-order valence-corrected chi connectivity index (χ2v) is 5.29. The summed E-state index contributed by atoms with van der Waals surface area (Å²) in [7, 11) is 0. The Morgan fingerprint density at radius 1 is 1.40 bits per heavy atom. The molecule has 3 rings (SSSR count). The normalized spacial score (nSPS) is 10.8. The first-order valence-electron chi connectivity index (χ1n) is 6.25. The van der Waals surface area contributed by atoms with Crippen molar-refractivity contribution < 1.29 is 4.79 Å². The zero-order chi connectivity index (χ0) is 13.9. The van der Waals surface area contributed by atoms with Crippen molar-refractivity contribution in [2.45, 2.75) is 6.42 Å². The molecule has 0 aliphatic heterocycles. The highest BCUT2D eigenvalue weighted by atomic mass is 32.1. The first-order chi connectivity index (χ1) is 9.76. The molecule has 4 N–H and O–H groups in total. The summed E-state index contributed by atoms with van der Waals surface area (Å²) in [6.07, 6.45) is 2.74. The van der Waals surface area contributed by atoms with Gasteiger partial charge in [-0.15, -0.1) is 11.3 Å². The van der Waals surface area contributed by atoms with Gasteiger partial charge in [0, 0.05) is 28.9 Å². The van der Waals surface area contributed by atoms with Crippen LogP contribution in [0.15, 0.2) is 35.8 Å². The zero-order valence-electron chi connectivity index (χ0n) is 10.7. The summed E-state index contributed by atoms with van der Waals surface area (Å²) >= 11 is 1.41. The number of fused-ring (bicyclic) bond motifs is 1. The molecule has 0 unspecified atom stereocenters. The van der Waals surface area contributed by atoms with E-state index in [9.17, 15) is 4.79 Å². The van der Waals surface area contributed by atoms with Crippen molar-refractivity contribution >= 4 is 33.3 Å². The fraction of sp³-hybridized carbons (Fsp3) is 0.143. The van der Waals surface area contributed by atoms with Crippen LogP contribution in [0.25, 0.3) is 10.9 Å². The summed E-state index contributed by atoms with van der Waals surface area (Å²) < 4.78 is 0. The number of hydrogen-bond acceptors (Lipinski definition) is 4. The molecule has 0 bridgehead atoms. The van der Waals surface area contributed by atoms with E-state index in [2.05, 4.69) is 21.4 Å². The smallest absolute Gasteiger partial charge is 0.239 e. The van der Waals surface area contributed by atoms with Crippen LogP contribution in [0, 0.1) is 0 Å². The van der Waals surface area contributed by atoms with Crippen LogP contribution < -0.4 is 11.1 Å². The molecule has 3 aromatic rings. The lowest BCUT2D eigenvalue weighted by atomic mass is 10.1. The van der Waals surface area contributed by atoms with Crippen molar-refractivity contribution in [1.82, 2.24) is 9.97 Å². The summed E-state index contributed by atoms with van der Waals surface area (Å²) in [5.41, 5.74) is 8.51. The molecule has 1 amide bonds. The van der Waals surface area contributed by atoms with E-state index in [1.807, 2.05) is 29.8 Å². The third-order valence-corrected chi connectivity index (χ3v) is 3.84. The Morgan fingerprint density at radius 2 is 2.25 bits per heavy atom. The van der Waals surface area contributed by atoms with Gasteiger partial charge in [0.25, 0.3) is 0 Å². The number of thiazole rings is 1. The van der Waals surface area contributed by atoms with Gasteiger partial charge in [-0.25, -0.2) is 4.98 Å². The SMILES string of the molecule is NCC(=O)Nc1nc(Cc2c[nH]c3ccccc23)cs1. The van der Waals surface area contributed by atoms with Crippen molar-refractivity contribution in [2.75, 3.05) is 11.9 Å². The van der Waals surface area contributed by atoms with Gasteiger partial charge in [-0.1, -0.05) is 18.2 Å². The van der Waals surface area contributed by atoms with Crippen LogP contribution in [0.5, 0.6) is 0 Å². The van der Waals surface area contributed by atoms with Crippen LogP contribution in [-0.4, -0.2) is 22.4 Å². The molecule has 0 radical (unpaired) electrons. The van der Waals surface area contributed by atoms with Gasteiger partial charge in [0.1, 0.15) is 0 Å². The lowest BCUT2D eigenvalue weighted by molar-refractivity contribution is -0.114. The number of aromatic amines is 1. The maximum atomic E-state index is 11.2. The molecule has 0 saturated carbocycles. The number of para-hydroxylation sites is 1. The Labute approximate surface area is 119 Å². The predicted octanol–water partition coefficient (Wildman–Crippen LogP) is 2.11. The zero-order valence-corrected chi connectivity index (χ0v) is 11.5. The third-order valence-electron chi connectivity index (χ3n) is 3.03. The molecule has 6 heteroatoms. The average Bonchev–Trinajstić information content (AvgIpc) is 3.07. The van der Waals surface area contributed by atoms with Gasteiger partial charge in [0.15, 0.2) is 5.13 Å². The number of benzene rings is 1. The van der Waals surface area contributed by atoms with Gasteiger partial charge in [-0.2, -0.15) is 0 Å². The van der Waals surface area contributed by atoms with Crippen LogP contribution in [0.3, 0.4) is 0 Å². The fourth-order valence-corrected chi connectivity index (χ4v) is 2.82. The van der Waals surface area contributed by atoms with Gasteiger partial charge in [0.05, 0.1) is 12.2 Å². The van der Waals surface area contributed by atoms with Gasteiger partial charge in [0.2, 0.25) is 5.91 Å². The van der Waals surface area contributed by atoms with Crippen molar-refractivity contribution in [3.8, 4) is 0 Å². The quantitative estimate of drug-likeness (QED) is 0.687. The van der Waals surface area contributed by atoms with E-state index in [1.54, 1.807) is 0 Å². The maximum Gasteiger partial charge on any atom is 0.239 e. The summed E-state index contributed by atoms with van der Waals surface area (Å²) in [6, 6.07) is 8.16. The first-order valence-corrected chi connectivity index (χ1v) is 7.13. The van der Waals surface area contributed by atoms with Crippen LogP contribution in [0.1, 0.15) is 11.3 Å². The minimum atomic E-state index is -0.224. The van der Waals surface area contributed by atoms with Gasteiger partial charge in [-0.05, 0) is 11.6 Å². The van der Waals surface area contributed by atoms with Crippen molar-refractivity contribution in [2.24, 2.45) is 5.73 Å². The second-order valence-electron chi connectivity index (χ2n) is 4.43.